The number of hydrogen-bond donors (Lipinski definition) is 2. The lowest BCUT2D eigenvalue weighted by Gasteiger charge is -2.12. The second-order valence-electron chi connectivity index (χ2n) is 6.48. The van der Waals surface area contributed by atoms with Crippen molar-refractivity contribution in [3.63, 3.8) is 0 Å². The SMILES string of the molecule is Cc1nn2ccc(-c3ccccc3C(F)(F)F)nc2c1C(=O)Nc1cc[nH]c(=O)c1. The van der Waals surface area contributed by atoms with Crippen LogP contribution in [0.3, 0.4) is 0 Å². The Bertz CT molecular complexity index is 1320. The number of aryl methyl sites for hydroxylation is 1. The summed E-state index contributed by atoms with van der Waals surface area (Å²) in [6.07, 6.45) is -1.73. The fraction of sp³-hybridized carbons (Fsp3) is 0.100. The molecule has 1 aromatic carbocycles. The van der Waals surface area contributed by atoms with E-state index in [1.807, 2.05) is 0 Å². The maximum absolute atomic E-state index is 13.4. The molecular formula is C20H14F3N5O2. The Labute approximate surface area is 167 Å². The highest BCUT2D eigenvalue weighted by atomic mass is 19.4. The number of nitrogens with zero attached hydrogens (tertiary/aromatic N) is 3. The number of anilines is 1. The van der Waals surface area contributed by atoms with Crippen LogP contribution < -0.4 is 10.9 Å². The molecule has 0 aliphatic heterocycles. The molecule has 3 aromatic heterocycles. The fourth-order valence-corrected chi connectivity index (χ4v) is 3.12. The Hall–Kier alpha value is -3.95. The van der Waals surface area contributed by atoms with Crippen molar-refractivity contribution in [1.29, 1.82) is 0 Å². The van der Waals surface area contributed by atoms with E-state index in [-0.39, 0.29) is 28.2 Å². The number of carbonyl (C=O) groups is 1. The van der Waals surface area contributed by atoms with Crippen LogP contribution in [0.15, 0.2) is 59.7 Å². The van der Waals surface area contributed by atoms with Crippen molar-refractivity contribution in [2.75, 3.05) is 5.32 Å². The van der Waals surface area contributed by atoms with Gasteiger partial charge in [-0.15, -0.1) is 0 Å². The third-order valence-electron chi connectivity index (χ3n) is 4.43. The topological polar surface area (TPSA) is 92.2 Å². The molecule has 30 heavy (non-hydrogen) atoms. The molecule has 0 radical (unpaired) electrons. The standard InChI is InChI=1S/C20H14F3N5O2/c1-11-17(19(30)25-12-6-8-24-16(29)10-12)18-26-15(7-9-28(18)27-11)13-4-2-3-5-14(13)20(21,22)23/h2-10H,1H3,(H2,24,25,29,30). The van der Waals surface area contributed by atoms with Crippen LogP contribution in [0.2, 0.25) is 0 Å². The molecule has 152 valence electrons. The van der Waals surface area contributed by atoms with Crippen molar-refractivity contribution < 1.29 is 18.0 Å². The van der Waals surface area contributed by atoms with Crippen LogP contribution in [-0.4, -0.2) is 25.5 Å². The van der Waals surface area contributed by atoms with Crippen molar-refractivity contribution in [3.05, 3.63) is 82.0 Å². The quantitative estimate of drug-likeness (QED) is 0.536. The summed E-state index contributed by atoms with van der Waals surface area (Å²) in [6, 6.07) is 9.19. The molecule has 0 saturated heterocycles. The minimum atomic E-state index is -4.55. The predicted molar refractivity (Wildman–Crippen MR) is 103 cm³/mol. The number of rotatable bonds is 3. The molecule has 0 aliphatic rings. The summed E-state index contributed by atoms with van der Waals surface area (Å²) in [5, 5.41) is 6.78. The van der Waals surface area contributed by atoms with Gasteiger partial charge in [-0.05, 0) is 25.1 Å². The van der Waals surface area contributed by atoms with E-state index in [1.54, 1.807) is 6.92 Å². The van der Waals surface area contributed by atoms with Gasteiger partial charge < -0.3 is 10.3 Å². The summed E-state index contributed by atoms with van der Waals surface area (Å²) >= 11 is 0. The van der Waals surface area contributed by atoms with E-state index in [2.05, 4.69) is 20.4 Å². The Balaban J connectivity index is 1.81. The number of fused-ring (bicyclic) bond motifs is 1. The van der Waals surface area contributed by atoms with Crippen LogP contribution >= 0.6 is 0 Å². The minimum absolute atomic E-state index is 0.0560. The van der Waals surface area contributed by atoms with Gasteiger partial charge in [0.2, 0.25) is 5.56 Å². The number of pyridine rings is 1. The monoisotopic (exact) mass is 413 g/mol. The third kappa shape index (κ3) is 3.54. The summed E-state index contributed by atoms with van der Waals surface area (Å²) in [5.74, 6) is -0.582. The average Bonchev–Trinajstić information content (AvgIpc) is 3.02. The summed E-state index contributed by atoms with van der Waals surface area (Å²) in [4.78, 5) is 31.0. The highest BCUT2D eigenvalue weighted by Gasteiger charge is 2.33. The second kappa shape index (κ2) is 7.14. The van der Waals surface area contributed by atoms with E-state index in [0.717, 1.165) is 6.07 Å². The first kappa shape index (κ1) is 19.4. The molecule has 0 fully saturated rings. The van der Waals surface area contributed by atoms with E-state index in [9.17, 15) is 22.8 Å². The Morgan fingerprint density at radius 1 is 1.17 bits per heavy atom. The van der Waals surface area contributed by atoms with Crippen molar-refractivity contribution in [1.82, 2.24) is 19.6 Å². The molecule has 4 aromatic rings. The maximum Gasteiger partial charge on any atom is 0.417 e. The molecule has 1 amide bonds. The van der Waals surface area contributed by atoms with Crippen molar-refractivity contribution in [2.45, 2.75) is 13.1 Å². The van der Waals surface area contributed by atoms with Crippen molar-refractivity contribution >= 4 is 17.2 Å². The number of nitrogens with one attached hydrogen (secondary N) is 2. The lowest BCUT2D eigenvalue weighted by Crippen LogP contribution is -2.15. The molecule has 10 heteroatoms. The van der Waals surface area contributed by atoms with Gasteiger partial charge in [0.05, 0.1) is 17.0 Å². The van der Waals surface area contributed by atoms with E-state index in [0.29, 0.717) is 5.69 Å². The van der Waals surface area contributed by atoms with Gasteiger partial charge in [-0.1, -0.05) is 18.2 Å². The lowest BCUT2D eigenvalue weighted by atomic mass is 10.0. The van der Waals surface area contributed by atoms with Crippen molar-refractivity contribution in [2.24, 2.45) is 0 Å². The Morgan fingerprint density at radius 2 is 1.93 bits per heavy atom. The van der Waals surface area contributed by atoms with Gasteiger partial charge >= 0.3 is 6.18 Å². The molecule has 0 spiro atoms. The van der Waals surface area contributed by atoms with Gasteiger partial charge in [-0.2, -0.15) is 18.3 Å². The number of aromatic amines is 1. The van der Waals surface area contributed by atoms with E-state index in [4.69, 9.17) is 0 Å². The summed E-state index contributed by atoms with van der Waals surface area (Å²) in [7, 11) is 0. The number of amides is 1. The van der Waals surface area contributed by atoms with Gasteiger partial charge in [-0.3, -0.25) is 9.59 Å². The van der Waals surface area contributed by atoms with Gasteiger partial charge in [0.1, 0.15) is 5.56 Å². The fourth-order valence-electron chi connectivity index (χ4n) is 3.12. The molecule has 0 unspecified atom stereocenters. The van der Waals surface area contributed by atoms with Gasteiger partial charge in [-0.25, -0.2) is 9.50 Å². The van der Waals surface area contributed by atoms with Crippen LogP contribution in [0, 0.1) is 6.92 Å². The van der Waals surface area contributed by atoms with Crippen LogP contribution in [0.1, 0.15) is 21.6 Å². The lowest BCUT2D eigenvalue weighted by molar-refractivity contribution is -0.137. The summed E-state index contributed by atoms with van der Waals surface area (Å²) in [5.41, 5.74) is -0.466. The van der Waals surface area contributed by atoms with Crippen molar-refractivity contribution in [3.8, 4) is 11.3 Å². The average molecular weight is 413 g/mol. The number of halogens is 3. The minimum Gasteiger partial charge on any atom is -0.329 e. The molecule has 3 heterocycles. The van der Waals surface area contributed by atoms with E-state index >= 15 is 0 Å². The zero-order valence-electron chi connectivity index (χ0n) is 15.5. The largest absolute Gasteiger partial charge is 0.417 e. The normalized spacial score (nSPS) is 11.6. The van der Waals surface area contributed by atoms with Gasteiger partial charge in [0, 0.05) is 29.7 Å². The molecule has 7 nitrogen and oxygen atoms in total. The molecular weight excluding hydrogens is 399 g/mol. The number of benzene rings is 1. The highest BCUT2D eigenvalue weighted by molar-refractivity contribution is 6.09. The first-order valence-corrected chi connectivity index (χ1v) is 8.77. The van der Waals surface area contributed by atoms with Crippen LogP contribution in [0.5, 0.6) is 0 Å². The molecule has 0 aliphatic carbocycles. The first-order valence-electron chi connectivity index (χ1n) is 8.77. The van der Waals surface area contributed by atoms with E-state index in [1.165, 1.54) is 53.3 Å². The summed E-state index contributed by atoms with van der Waals surface area (Å²) in [6.45, 7) is 1.59. The molecule has 0 atom stereocenters. The van der Waals surface area contributed by atoms with Crippen LogP contribution in [0.25, 0.3) is 16.9 Å². The Kier molecular flexibility index (Phi) is 4.61. The first-order chi connectivity index (χ1) is 14.2. The van der Waals surface area contributed by atoms with Gasteiger partial charge in [0.15, 0.2) is 5.65 Å². The zero-order valence-corrected chi connectivity index (χ0v) is 15.5. The van der Waals surface area contributed by atoms with Crippen LogP contribution in [0.4, 0.5) is 18.9 Å². The van der Waals surface area contributed by atoms with Crippen LogP contribution in [-0.2, 0) is 6.18 Å². The zero-order chi connectivity index (χ0) is 21.5. The molecule has 0 bridgehead atoms. The summed E-state index contributed by atoms with van der Waals surface area (Å²) < 4.78 is 41.5. The number of aromatic nitrogens is 4. The third-order valence-corrected chi connectivity index (χ3v) is 4.43. The predicted octanol–water partition coefficient (Wildman–Crippen LogP) is 3.66. The number of hydrogen-bond acceptors (Lipinski definition) is 4. The van der Waals surface area contributed by atoms with E-state index < -0.39 is 23.2 Å². The number of alkyl halides is 3. The number of carbonyl (C=O) groups excluding carboxylic acids is 1. The maximum atomic E-state index is 13.4. The molecule has 0 saturated carbocycles. The van der Waals surface area contributed by atoms with Gasteiger partial charge in [0.25, 0.3) is 5.91 Å². The highest BCUT2D eigenvalue weighted by Crippen LogP contribution is 2.36. The molecule has 2 N–H and O–H groups in total. The number of H-pyrrole nitrogens is 1. The molecule has 4 rings (SSSR count). The smallest absolute Gasteiger partial charge is 0.329 e. The Morgan fingerprint density at radius 3 is 2.67 bits per heavy atom. The second-order valence-corrected chi connectivity index (χ2v) is 6.48.